The second-order valence-corrected chi connectivity index (χ2v) is 6.96. The fourth-order valence-electron chi connectivity index (χ4n) is 2.85. The highest BCUT2D eigenvalue weighted by atomic mass is 32.2. The Morgan fingerprint density at radius 1 is 1.15 bits per heavy atom. The number of likely N-dealkylation sites (N-methyl/N-ethyl adjacent to an activating group) is 1. The Balaban J connectivity index is 2.78. The third-order valence-electron chi connectivity index (χ3n) is 3.98. The van der Waals surface area contributed by atoms with E-state index >= 15 is 0 Å². The molecular weight excluding hydrogens is 379 g/mol. The molecule has 8 heteroatoms. The van der Waals surface area contributed by atoms with Crippen molar-refractivity contribution in [1.82, 2.24) is 0 Å². The molecule has 0 unspecified atom stereocenters. The van der Waals surface area contributed by atoms with E-state index in [1.165, 1.54) is 38.1 Å². The van der Waals surface area contributed by atoms with Crippen molar-refractivity contribution in [3.05, 3.63) is 41.5 Å². The summed E-state index contributed by atoms with van der Waals surface area (Å²) in [6.45, 7) is 1.93. The lowest BCUT2D eigenvalue weighted by Crippen LogP contribution is -2.24. The number of fused-ring (bicyclic) bond motifs is 1. The first-order chi connectivity index (χ1) is 12.7. The Morgan fingerprint density at radius 2 is 1.85 bits per heavy atom. The van der Waals surface area contributed by atoms with Gasteiger partial charge in [0.05, 0.1) is 19.8 Å². The van der Waals surface area contributed by atoms with Gasteiger partial charge in [-0.05, 0) is 29.0 Å². The average molecular weight is 400 g/mol. The lowest BCUT2D eigenvalue weighted by molar-refractivity contribution is -0.484. The summed E-state index contributed by atoms with van der Waals surface area (Å²) in [5, 5.41) is 1.20. The van der Waals surface area contributed by atoms with E-state index in [0.717, 1.165) is 0 Å². The lowest BCUT2D eigenvalue weighted by Gasteiger charge is -2.16. The molecule has 146 valence electrons. The topological polar surface area (TPSA) is 38.5 Å². The number of hydrogen-bond donors (Lipinski definition) is 0. The summed E-state index contributed by atoms with van der Waals surface area (Å²) in [6, 6.07) is 7.69. The fourth-order valence-corrected chi connectivity index (χ4v) is 3.74. The first-order valence-electron chi connectivity index (χ1n) is 8.19. The van der Waals surface area contributed by atoms with Crippen LogP contribution in [0.5, 0.6) is 5.75 Å². The van der Waals surface area contributed by atoms with Crippen molar-refractivity contribution in [2.24, 2.45) is 0 Å². The number of carbonyl (C=O) groups excluding carboxylic acids is 1. The molecule has 0 heterocycles. The largest absolute Gasteiger partial charge is 0.496 e. The quantitative estimate of drug-likeness (QED) is 0.327. The van der Waals surface area contributed by atoms with E-state index in [2.05, 4.69) is 0 Å². The van der Waals surface area contributed by atoms with Gasteiger partial charge in [0, 0.05) is 5.75 Å². The van der Waals surface area contributed by atoms with Crippen LogP contribution in [0.25, 0.3) is 10.8 Å². The van der Waals surface area contributed by atoms with Crippen molar-refractivity contribution < 1.29 is 32.0 Å². The second kappa shape index (κ2) is 8.65. The number of thioether (sulfide) groups is 1. The number of ether oxygens (including phenoxy) is 2. The summed E-state index contributed by atoms with van der Waals surface area (Å²) in [7, 11) is 4.22. The van der Waals surface area contributed by atoms with E-state index < -0.39 is 17.7 Å². The molecule has 27 heavy (non-hydrogen) atoms. The third kappa shape index (κ3) is 4.55. The lowest BCUT2D eigenvalue weighted by atomic mass is 9.99. The van der Waals surface area contributed by atoms with Gasteiger partial charge in [-0.15, -0.1) is 0 Å². The number of benzene rings is 2. The van der Waals surface area contributed by atoms with Gasteiger partial charge < -0.3 is 9.47 Å². The molecule has 4 nitrogen and oxygen atoms in total. The van der Waals surface area contributed by atoms with Gasteiger partial charge in [-0.3, -0.25) is 0 Å². The predicted octanol–water partition coefficient (Wildman–Crippen LogP) is 4.18. The maximum Gasteiger partial charge on any atom is 0.420 e. The second-order valence-electron chi connectivity index (χ2n) is 5.71. The van der Waals surface area contributed by atoms with Gasteiger partial charge in [0.2, 0.25) is 11.6 Å². The zero-order valence-electron chi connectivity index (χ0n) is 15.5. The van der Waals surface area contributed by atoms with Crippen LogP contribution >= 0.6 is 11.8 Å². The zero-order valence-corrected chi connectivity index (χ0v) is 16.3. The van der Waals surface area contributed by atoms with Crippen LogP contribution in [0.4, 0.5) is 13.2 Å². The van der Waals surface area contributed by atoms with Crippen molar-refractivity contribution in [2.75, 3.05) is 33.6 Å². The van der Waals surface area contributed by atoms with Crippen LogP contribution in [0, 0.1) is 0 Å². The monoisotopic (exact) mass is 400 g/mol. The van der Waals surface area contributed by atoms with Crippen molar-refractivity contribution in [2.45, 2.75) is 13.1 Å². The normalized spacial score (nSPS) is 12.7. The van der Waals surface area contributed by atoms with E-state index in [9.17, 15) is 18.0 Å². The van der Waals surface area contributed by atoms with E-state index in [1.54, 1.807) is 29.8 Å². The number of nitrogens with zero attached hydrogens (tertiary/aromatic N) is 1. The number of alkyl halides is 3. The molecule has 0 aromatic heterocycles. The molecule has 0 N–H and O–H groups in total. The van der Waals surface area contributed by atoms with Crippen LogP contribution in [0.15, 0.2) is 30.3 Å². The Hall–Kier alpha value is -2.22. The number of methoxy groups -OCH3 is 2. The summed E-state index contributed by atoms with van der Waals surface area (Å²) in [4.78, 5) is 11.6. The first-order valence-corrected chi connectivity index (χ1v) is 9.18. The number of halogens is 3. The van der Waals surface area contributed by atoms with Crippen molar-refractivity contribution >= 4 is 33.5 Å². The fraction of sp³-hybridized carbons (Fsp3) is 0.368. The number of carbonyl (C=O) groups is 1. The number of hydrogen-bond acceptors (Lipinski definition) is 4. The van der Waals surface area contributed by atoms with E-state index in [1.807, 2.05) is 6.92 Å². The molecule has 0 aliphatic carbocycles. The summed E-state index contributed by atoms with van der Waals surface area (Å²) in [5.41, 5.74) is -0.181. The van der Waals surface area contributed by atoms with Crippen molar-refractivity contribution in [1.29, 1.82) is 0 Å². The van der Waals surface area contributed by atoms with Gasteiger partial charge in [-0.1, -0.05) is 30.8 Å². The molecule has 0 saturated heterocycles. The molecule has 0 atom stereocenters. The Labute approximate surface area is 160 Å². The zero-order chi connectivity index (χ0) is 20.2. The van der Waals surface area contributed by atoms with Crippen molar-refractivity contribution in [3.8, 4) is 5.75 Å². The van der Waals surface area contributed by atoms with E-state index in [-0.39, 0.29) is 17.7 Å². The van der Waals surface area contributed by atoms with Crippen LogP contribution in [0.3, 0.4) is 0 Å². The molecule has 0 aliphatic rings. The average Bonchev–Trinajstić information content (AvgIpc) is 2.63. The maximum absolute atomic E-state index is 13.7. The summed E-state index contributed by atoms with van der Waals surface area (Å²) >= 11 is 1.45. The highest BCUT2D eigenvalue weighted by molar-refractivity contribution is 8.14. The van der Waals surface area contributed by atoms with Gasteiger partial charge in [0.1, 0.15) is 18.4 Å². The predicted molar refractivity (Wildman–Crippen MR) is 101 cm³/mol. The van der Waals surface area contributed by atoms with Gasteiger partial charge in [0.15, 0.2) is 0 Å². The molecule has 0 radical (unpaired) electrons. The smallest absolute Gasteiger partial charge is 0.420 e. The molecule has 2 rings (SSSR count). The maximum atomic E-state index is 13.7. The standard InChI is InChI=1S/C19H21F3NO3S/c1-5-27-18(23(2)11-16(24)26-4)14-8-6-7-13-12(14)9-10-15(25-3)17(13)19(20,21)22/h6-10H,5,11H2,1-4H3/q+1. The van der Waals surface area contributed by atoms with Gasteiger partial charge in [-0.25, -0.2) is 9.37 Å². The van der Waals surface area contributed by atoms with Crippen LogP contribution < -0.4 is 4.74 Å². The molecule has 2 aromatic carbocycles. The molecule has 0 aliphatic heterocycles. The van der Waals surface area contributed by atoms with Crippen LogP contribution in [-0.2, 0) is 15.7 Å². The summed E-state index contributed by atoms with van der Waals surface area (Å²) in [5.74, 6) is 0.0452. The summed E-state index contributed by atoms with van der Waals surface area (Å²) in [6.07, 6.45) is -4.56. The minimum atomic E-state index is -4.56. The highest BCUT2D eigenvalue weighted by Gasteiger charge is 2.37. The SMILES string of the molecule is CCSC(c1cccc2c(C(F)(F)F)c(OC)ccc12)=[N+](C)CC(=O)OC. The van der Waals surface area contributed by atoms with Crippen molar-refractivity contribution in [3.63, 3.8) is 0 Å². The molecular formula is C19H21F3NO3S+. The van der Waals surface area contributed by atoms with Gasteiger partial charge in [-0.2, -0.15) is 13.2 Å². The minimum absolute atomic E-state index is 0.00248. The third-order valence-corrected chi connectivity index (χ3v) is 5.07. The molecule has 0 spiro atoms. The number of rotatable bonds is 5. The van der Waals surface area contributed by atoms with Crippen LogP contribution in [0.1, 0.15) is 18.1 Å². The van der Waals surface area contributed by atoms with Gasteiger partial charge >= 0.3 is 12.1 Å². The first kappa shape index (κ1) is 21.1. The highest BCUT2D eigenvalue weighted by Crippen LogP contribution is 2.42. The minimum Gasteiger partial charge on any atom is -0.496 e. The van der Waals surface area contributed by atoms with E-state index in [4.69, 9.17) is 9.47 Å². The molecule has 0 bridgehead atoms. The Kier molecular flexibility index (Phi) is 6.75. The van der Waals surface area contributed by atoms with Gasteiger partial charge in [0.25, 0.3) is 0 Å². The number of esters is 1. The molecule has 0 saturated carbocycles. The van der Waals surface area contributed by atoms with E-state index in [0.29, 0.717) is 21.7 Å². The molecule has 0 fully saturated rings. The van der Waals surface area contributed by atoms with Crippen LogP contribution in [-0.4, -0.2) is 49.2 Å². The molecule has 0 amide bonds. The van der Waals surface area contributed by atoms with Crippen LogP contribution in [0.2, 0.25) is 0 Å². The Morgan fingerprint density at radius 3 is 2.41 bits per heavy atom. The molecule has 2 aromatic rings. The Bertz CT molecular complexity index is 878. The summed E-state index contributed by atoms with van der Waals surface area (Å²) < 4.78 is 52.3.